The third kappa shape index (κ3) is 3.53. The van der Waals surface area contributed by atoms with Gasteiger partial charge in [-0.3, -0.25) is 9.59 Å². The molecule has 15 heavy (non-hydrogen) atoms. The van der Waals surface area contributed by atoms with E-state index in [9.17, 15) is 9.59 Å². The highest BCUT2D eigenvalue weighted by molar-refractivity contribution is 5.75. The number of carbonyl (C=O) groups excluding carboxylic acids is 1. The number of carboxylic acids is 1. The fraction of sp³-hybridized carbons (Fsp3) is 0.818. The van der Waals surface area contributed by atoms with E-state index < -0.39 is 5.97 Å². The zero-order valence-corrected chi connectivity index (χ0v) is 9.23. The average Bonchev–Trinajstić information content (AvgIpc) is 2.17. The predicted octanol–water partition coefficient (Wildman–Crippen LogP) is 1.83. The van der Waals surface area contributed by atoms with E-state index in [0.29, 0.717) is 12.8 Å². The molecule has 0 spiro atoms. The van der Waals surface area contributed by atoms with Crippen molar-refractivity contribution in [3.8, 4) is 0 Å². The van der Waals surface area contributed by atoms with E-state index in [-0.39, 0.29) is 23.9 Å². The zero-order valence-electron chi connectivity index (χ0n) is 9.23. The number of ether oxygens (including phenoxy) is 1. The van der Waals surface area contributed by atoms with Crippen LogP contribution in [0.25, 0.3) is 0 Å². The Balaban J connectivity index is 2.48. The van der Waals surface area contributed by atoms with Gasteiger partial charge in [-0.05, 0) is 33.1 Å². The normalized spacial score (nSPS) is 26.3. The van der Waals surface area contributed by atoms with Crippen LogP contribution in [0.5, 0.6) is 0 Å². The van der Waals surface area contributed by atoms with E-state index in [0.717, 1.165) is 12.8 Å². The summed E-state index contributed by atoms with van der Waals surface area (Å²) in [5.41, 5.74) is 0. The fourth-order valence-corrected chi connectivity index (χ4v) is 1.96. The minimum Gasteiger partial charge on any atom is -0.481 e. The molecule has 0 radical (unpaired) electrons. The minimum atomic E-state index is -0.794. The Morgan fingerprint density at radius 3 is 2.40 bits per heavy atom. The molecule has 2 atom stereocenters. The van der Waals surface area contributed by atoms with Gasteiger partial charge >= 0.3 is 11.9 Å². The van der Waals surface area contributed by atoms with Crippen molar-refractivity contribution in [1.29, 1.82) is 0 Å². The molecular weight excluding hydrogens is 196 g/mol. The molecule has 1 N–H and O–H groups in total. The Bertz CT molecular complexity index is 247. The van der Waals surface area contributed by atoms with Gasteiger partial charge in [-0.2, -0.15) is 0 Å². The molecule has 1 saturated carbocycles. The van der Waals surface area contributed by atoms with Gasteiger partial charge in [0.1, 0.15) is 0 Å². The second kappa shape index (κ2) is 5.14. The second-order valence-corrected chi connectivity index (χ2v) is 4.38. The fourth-order valence-electron chi connectivity index (χ4n) is 1.96. The first-order valence-electron chi connectivity index (χ1n) is 5.44. The van der Waals surface area contributed by atoms with Crippen LogP contribution in [0.1, 0.15) is 39.5 Å². The van der Waals surface area contributed by atoms with Crippen LogP contribution in [-0.4, -0.2) is 23.1 Å². The molecule has 2 unspecified atom stereocenters. The van der Waals surface area contributed by atoms with Gasteiger partial charge in [0.25, 0.3) is 0 Å². The zero-order chi connectivity index (χ0) is 11.4. The van der Waals surface area contributed by atoms with Gasteiger partial charge in [-0.1, -0.05) is 6.42 Å². The maximum Gasteiger partial charge on any atom is 0.309 e. The van der Waals surface area contributed by atoms with Crippen LogP contribution >= 0.6 is 0 Å². The van der Waals surface area contributed by atoms with Gasteiger partial charge in [-0.25, -0.2) is 0 Å². The summed E-state index contributed by atoms with van der Waals surface area (Å²) in [5, 5.41) is 8.87. The highest BCUT2D eigenvalue weighted by Crippen LogP contribution is 2.30. The van der Waals surface area contributed by atoms with Gasteiger partial charge < -0.3 is 9.84 Å². The highest BCUT2D eigenvalue weighted by Gasteiger charge is 2.32. The third-order valence-electron chi connectivity index (χ3n) is 2.71. The molecule has 0 aromatic carbocycles. The number of hydrogen-bond donors (Lipinski definition) is 1. The van der Waals surface area contributed by atoms with E-state index in [1.54, 1.807) is 13.8 Å². The Labute approximate surface area is 89.6 Å². The molecule has 4 heteroatoms. The van der Waals surface area contributed by atoms with Gasteiger partial charge in [0.15, 0.2) is 0 Å². The lowest BCUT2D eigenvalue weighted by molar-refractivity contribution is -0.155. The van der Waals surface area contributed by atoms with Crippen molar-refractivity contribution in [1.82, 2.24) is 0 Å². The van der Waals surface area contributed by atoms with Crippen LogP contribution in [0.4, 0.5) is 0 Å². The van der Waals surface area contributed by atoms with Crippen LogP contribution in [0.2, 0.25) is 0 Å². The summed E-state index contributed by atoms with van der Waals surface area (Å²) in [6.45, 7) is 3.60. The number of carboxylic acid groups (broad SMARTS) is 1. The standard InChI is InChI=1S/C11H18O4/c1-7(2)15-11(14)9-5-3-4-8(6-9)10(12)13/h7-9H,3-6H2,1-2H3,(H,12,13). The molecule has 0 aliphatic heterocycles. The summed E-state index contributed by atoms with van der Waals surface area (Å²) in [4.78, 5) is 22.4. The number of carbonyl (C=O) groups is 2. The maximum absolute atomic E-state index is 11.6. The largest absolute Gasteiger partial charge is 0.481 e. The molecule has 0 aromatic heterocycles. The van der Waals surface area contributed by atoms with Crippen molar-refractivity contribution in [2.75, 3.05) is 0 Å². The predicted molar refractivity (Wildman–Crippen MR) is 54.3 cm³/mol. The molecule has 86 valence electrons. The van der Waals surface area contributed by atoms with Crippen LogP contribution in [0, 0.1) is 11.8 Å². The molecule has 0 bridgehead atoms. The quantitative estimate of drug-likeness (QED) is 0.728. The van der Waals surface area contributed by atoms with E-state index in [2.05, 4.69) is 0 Å². The average molecular weight is 214 g/mol. The van der Waals surface area contributed by atoms with E-state index >= 15 is 0 Å². The maximum atomic E-state index is 11.6. The minimum absolute atomic E-state index is 0.122. The van der Waals surface area contributed by atoms with Gasteiger partial charge in [0.05, 0.1) is 17.9 Å². The molecule has 0 heterocycles. The summed E-state index contributed by atoms with van der Waals surface area (Å²) < 4.78 is 5.09. The third-order valence-corrected chi connectivity index (χ3v) is 2.71. The van der Waals surface area contributed by atoms with Crippen LogP contribution in [0.3, 0.4) is 0 Å². The van der Waals surface area contributed by atoms with Crippen LogP contribution in [-0.2, 0) is 14.3 Å². The van der Waals surface area contributed by atoms with Crippen molar-refractivity contribution in [3.63, 3.8) is 0 Å². The van der Waals surface area contributed by atoms with Gasteiger partial charge in [0.2, 0.25) is 0 Å². The Kier molecular flexibility index (Phi) is 4.12. The summed E-state index contributed by atoms with van der Waals surface area (Å²) in [6.07, 6.45) is 2.55. The second-order valence-electron chi connectivity index (χ2n) is 4.38. The lowest BCUT2D eigenvalue weighted by atomic mass is 9.81. The lowest BCUT2D eigenvalue weighted by Crippen LogP contribution is -2.29. The number of esters is 1. The van der Waals surface area contributed by atoms with E-state index in [1.165, 1.54) is 0 Å². The smallest absolute Gasteiger partial charge is 0.309 e. The topological polar surface area (TPSA) is 63.6 Å². The first-order valence-corrected chi connectivity index (χ1v) is 5.44. The monoisotopic (exact) mass is 214 g/mol. The van der Waals surface area contributed by atoms with Crippen LogP contribution < -0.4 is 0 Å². The molecular formula is C11H18O4. The van der Waals surface area contributed by atoms with Crippen molar-refractivity contribution in [2.24, 2.45) is 11.8 Å². The molecule has 0 aromatic rings. The lowest BCUT2D eigenvalue weighted by Gasteiger charge is -2.25. The summed E-state index contributed by atoms with van der Waals surface area (Å²) >= 11 is 0. The summed E-state index contributed by atoms with van der Waals surface area (Å²) in [5.74, 6) is -1.63. The number of rotatable bonds is 3. The molecule has 1 rings (SSSR count). The van der Waals surface area contributed by atoms with E-state index in [4.69, 9.17) is 9.84 Å². The van der Waals surface area contributed by atoms with Crippen molar-refractivity contribution >= 4 is 11.9 Å². The van der Waals surface area contributed by atoms with Crippen molar-refractivity contribution < 1.29 is 19.4 Å². The molecule has 0 saturated heterocycles. The van der Waals surface area contributed by atoms with Gasteiger partial charge in [-0.15, -0.1) is 0 Å². The van der Waals surface area contributed by atoms with Crippen LogP contribution in [0.15, 0.2) is 0 Å². The summed E-state index contributed by atoms with van der Waals surface area (Å²) in [7, 11) is 0. The van der Waals surface area contributed by atoms with Gasteiger partial charge in [0, 0.05) is 0 Å². The molecule has 1 aliphatic carbocycles. The Morgan fingerprint density at radius 2 is 1.87 bits per heavy atom. The Morgan fingerprint density at radius 1 is 1.27 bits per heavy atom. The van der Waals surface area contributed by atoms with Crippen molar-refractivity contribution in [3.05, 3.63) is 0 Å². The molecule has 4 nitrogen and oxygen atoms in total. The Hall–Kier alpha value is -1.06. The first-order chi connectivity index (χ1) is 7.00. The SMILES string of the molecule is CC(C)OC(=O)C1CCCC(C(=O)O)C1. The molecule has 1 fully saturated rings. The summed E-state index contributed by atoms with van der Waals surface area (Å²) in [6, 6.07) is 0. The number of hydrogen-bond acceptors (Lipinski definition) is 3. The highest BCUT2D eigenvalue weighted by atomic mass is 16.5. The van der Waals surface area contributed by atoms with E-state index in [1.807, 2.05) is 0 Å². The van der Waals surface area contributed by atoms with Crippen molar-refractivity contribution in [2.45, 2.75) is 45.6 Å². The number of aliphatic carboxylic acids is 1. The molecule has 0 amide bonds. The molecule has 1 aliphatic rings. The first kappa shape index (κ1) is 12.0.